The molecule has 0 aliphatic heterocycles. The average molecular weight is 447 g/mol. The minimum Gasteiger partial charge on any atom is -0.337 e. The molecule has 0 aliphatic carbocycles. The van der Waals surface area contributed by atoms with Crippen molar-refractivity contribution in [3.8, 4) is 9.88 Å². The average Bonchev–Trinajstić information content (AvgIpc) is 3.40. The smallest absolute Gasteiger partial charge is 0.264 e. The van der Waals surface area contributed by atoms with Gasteiger partial charge in [-0.2, -0.15) is 0 Å². The molecule has 1 aromatic carbocycles. The summed E-state index contributed by atoms with van der Waals surface area (Å²) in [7, 11) is 1.85. The van der Waals surface area contributed by atoms with Crippen LogP contribution >= 0.6 is 34.3 Å². The van der Waals surface area contributed by atoms with Gasteiger partial charge in [-0.05, 0) is 36.8 Å². The number of aryl methyl sites for hydroxylation is 2. The molecule has 1 N–H and O–H groups in total. The molecule has 0 fully saturated rings. The highest BCUT2D eigenvalue weighted by atomic mass is 35.5. The van der Waals surface area contributed by atoms with E-state index in [0.29, 0.717) is 20.7 Å². The summed E-state index contributed by atoms with van der Waals surface area (Å²) in [5, 5.41) is 3.78. The summed E-state index contributed by atoms with van der Waals surface area (Å²) < 4.78 is 15.9. The topological polar surface area (TPSA) is 59.8 Å². The lowest BCUT2D eigenvalue weighted by atomic mass is 10.1. The van der Waals surface area contributed by atoms with Gasteiger partial charge in [0.2, 0.25) is 0 Å². The Hall–Kier alpha value is -2.55. The second kappa shape index (κ2) is 8.06. The third-order valence-electron chi connectivity index (χ3n) is 4.38. The number of thiazole rings is 1. The second-order valence-corrected chi connectivity index (χ2v) is 9.11. The monoisotopic (exact) mass is 446 g/mol. The van der Waals surface area contributed by atoms with E-state index in [1.165, 1.54) is 34.8 Å². The molecule has 3 heterocycles. The Labute approximate surface area is 179 Å². The van der Waals surface area contributed by atoms with Crippen LogP contribution in [0.1, 0.15) is 32.8 Å². The fourth-order valence-corrected chi connectivity index (χ4v) is 5.01. The standard InChI is InChI=1S/C20H16ClFN4OS2/c1-11-17(29-20(24-11)14-7-8-15(21)28-14)19(27)25-16(18-23-9-10-26(18)2)12-3-5-13(22)6-4-12/h3-10,16H,1-2H3,(H,25,27). The highest BCUT2D eigenvalue weighted by Gasteiger charge is 2.24. The van der Waals surface area contributed by atoms with Crippen LogP contribution in [-0.4, -0.2) is 20.4 Å². The molecule has 1 amide bonds. The highest BCUT2D eigenvalue weighted by Crippen LogP contribution is 2.35. The Morgan fingerprint density at radius 2 is 1.97 bits per heavy atom. The number of carbonyl (C=O) groups excluding carboxylic acids is 1. The van der Waals surface area contributed by atoms with Crippen LogP contribution in [0.3, 0.4) is 0 Å². The van der Waals surface area contributed by atoms with Crippen molar-refractivity contribution in [2.24, 2.45) is 7.05 Å². The number of hydrogen-bond donors (Lipinski definition) is 1. The van der Waals surface area contributed by atoms with E-state index >= 15 is 0 Å². The number of carbonyl (C=O) groups is 1. The molecule has 1 unspecified atom stereocenters. The normalized spacial score (nSPS) is 12.1. The summed E-state index contributed by atoms with van der Waals surface area (Å²) in [5.74, 6) is 0.0554. The van der Waals surface area contributed by atoms with E-state index < -0.39 is 6.04 Å². The third-order valence-corrected chi connectivity index (χ3v) is 6.94. The second-order valence-electron chi connectivity index (χ2n) is 6.39. The molecule has 3 aromatic heterocycles. The van der Waals surface area contributed by atoms with Crippen molar-refractivity contribution < 1.29 is 9.18 Å². The molecule has 0 aliphatic rings. The van der Waals surface area contributed by atoms with E-state index in [4.69, 9.17) is 11.6 Å². The maximum absolute atomic E-state index is 13.4. The molecular weight excluding hydrogens is 431 g/mol. The van der Waals surface area contributed by atoms with Gasteiger partial charge in [-0.1, -0.05) is 23.7 Å². The number of rotatable bonds is 5. The largest absolute Gasteiger partial charge is 0.337 e. The Balaban J connectivity index is 1.66. The maximum Gasteiger partial charge on any atom is 0.264 e. The Morgan fingerprint density at radius 3 is 2.59 bits per heavy atom. The van der Waals surface area contributed by atoms with E-state index in [1.54, 1.807) is 31.5 Å². The van der Waals surface area contributed by atoms with Crippen molar-refractivity contribution in [1.82, 2.24) is 19.9 Å². The summed E-state index contributed by atoms with van der Waals surface area (Å²) in [6.07, 6.45) is 3.46. The minimum atomic E-state index is -0.524. The first-order valence-corrected chi connectivity index (χ1v) is 10.7. The van der Waals surface area contributed by atoms with Crippen molar-refractivity contribution in [1.29, 1.82) is 0 Å². The van der Waals surface area contributed by atoms with Crippen molar-refractivity contribution in [3.05, 3.63) is 80.9 Å². The zero-order chi connectivity index (χ0) is 20.5. The quantitative estimate of drug-likeness (QED) is 0.457. The van der Waals surface area contributed by atoms with Crippen molar-refractivity contribution in [2.45, 2.75) is 13.0 Å². The lowest BCUT2D eigenvalue weighted by Crippen LogP contribution is -2.31. The lowest BCUT2D eigenvalue weighted by molar-refractivity contribution is 0.0944. The van der Waals surface area contributed by atoms with Gasteiger partial charge in [0, 0.05) is 19.4 Å². The number of amides is 1. The van der Waals surface area contributed by atoms with Gasteiger partial charge in [-0.15, -0.1) is 22.7 Å². The molecule has 0 saturated carbocycles. The molecule has 5 nitrogen and oxygen atoms in total. The van der Waals surface area contributed by atoms with Crippen LogP contribution in [0.15, 0.2) is 48.8 Å². The Morgan fingerprint density at radius 1 is 1.21 bits per heavy atom. The molecule has 0 saturated heterocycles. The number of nitrogens with zero attached hydrogens (tertiary/aromatic N) is 3. The maximum atomic E-state index is 13.4. The van der Waals surface area contributed by atoms with Gasteiger partial charge in [0.15, 0.2) is 0 Å². The molecule has 4 rings (SSSR count). The van der Waals surface area contributed by atoms with E-state index in [9.17, 15) is 9.18 Å². The van der Waals surface area contributed by atoms with Crippen LogP contribution in [-0.2, 0) is 7.05 Å². The van der Waals surface area contributed by atoms with Crippen LogP contribution in [0, 0.1) is 12.7 Å². The third kappa shape index (κ3) is 4.10. The zero-order valence-corrected chi connectivity index (χ0v) is 17.9. The fourth-order valence-electron chi connectivity index (χ4n) is 2.95. The highest BCUT2D eigenvalue weighted by molar-refractivity contribution is 7.24. The van der Waals surface area contributed by atoms with E-state index in [-0.39, 0.29) is 11.7 Å². The number of benzene rings is 1. The predicted molar refractivity (Wildman–Crippen MR) is 114 cm³/mol. The number of halogens is 2. The van der Waals surface area contributed by atoms with Gasteiger partial charge in [-0.25, -0.2) is 14.4 Å². The SMILES string of the molecule is Cc1nc(-c2ccc(Cl)s2)sc1C(=O)NC(c1ccc(F)cc1)c1nccn1C. The van der Waals surface area contributed by atoms with Gasteiger partial charge in [0.25, 0.3) is 5.91 Å². The van der Waals surface area contributed by atoms with Crippen LogP contribution < -0.4 is 5.32 Å². The van der Waals surface area contributed by atoms with E-state index in [0.717, 1.165) is 15.4 Å². The van der Waals surface area contributed by atoms with Crippen LogP contribution in [0.5, 0.6) is 0 Å². The van der Waals surface area contributed by atoms with Gasteiger partial charge < -0.3 is 9.88 Å². The zero-order valence-electron chi connectivity index (χ0n) is 15.5. The lowest BCUT2D eigenvalue weighted by Gasteiger charge is -2.19. The first-order chi connectivity index (χ1) is 13.9. The summed E-state index contributed by atoms with van der Waals surface area (Å²) in [6, 6.07) is 9.21. The van der Waals surface area contributed by atoms with Gasteiger partial charge in [0.05, 0.1) is 14.9 Å². The molecule has 9 heteroatoms. The van der Waals surface area contributed by atoms with E-state index in [1.807, 2.05) is 23.7 Å². The van der Waals surface area contributed by atoms with Crippen molar-refractivity contribution in [2.75, 3.05) is 0 Å². The van der Waals surface area contributed by atoms with E-state index in [2.05, 4.69) is 15.3 Å². The fraction of sp³-hybridized carbons (Fsp3) is 0.150. The number of aromatic nitrogens is 3. The number of hydrogen-bond acceptors (Lipinski definition) is 5. The van der Waals surface area contributed by atoms with Gasteiger partial charge in [0.1, 0.15) is 27.6 Å². The van der Waals surface area contributed by atoms with Crippen LogP contribution in [0.4, 0.5) is 4.39 Å². The first-order valence-electron chi connectivity index (χ1n) is 8.69. The molecule has 0 spiro atoms. The molecule has 148 valence electrons. The Bertz CT molecular complexity index is 1170. The number of nitrogens with one attached hydrogen (secondary N) is 1. The Kier molecular flexibility index (Phi) is 5.49. The van der Waals surface area contributed by atoms with Crippen molar-refractivity contribution in [3.63, 3.8) is 0 Å². The predicted octanol–water partition coefficient (Wildman–Crippen LogP) is 5.23. The van der Waals surface area contributed by atoms with Gasteiger partial charge in [-0.3, -0.25) is 4.79 Å². The molecular formula is C20H16ClFN4OS2. The van der Waals surface area contributed by atoms with Crippen LogP contribution in [0.2, 0.25) is 4.34 Å². The van der Waals surface area contributed by atoms with Crippen molar-refractivity contribution >= 4 is 40.2 Å². The minimum absolute atomic E-state index is 0.258. The summed E-state index contributed by atoms with van der Waals surface area (Å²) in [5.41, 5.74) is 1.38. The summed E-state index contributed by atoms with van der Waals surface area (Å²) in [6.45, 7) is 1.80. The summed E-state index contributed by atoms with van der Waals surface area (Å²) >= 11 is 8.76. The molecule has 0 radical (unpaired) electrons. The molecule has 0 bridgehead atoms. The molecule has 29 heavy (non-hydrogen) atoms. The summed E-state index contributed by atoms with van der Waals surface area (Å²) in [4.78, 5) is 23.4. The number of imidazole rings is 1. The molecule has 1 atom stereocenters. The first kappa shape index (κ1) is 19.8. The molecule has 4 aromatic rings. The van der Waals surface area contributed by atoms with Gasteiger partial charge >= 0.3 is 0 Å². The number of thiophene rings is 1. The van der Waals surface area contributed by atoms with Crippen LogP contribution in [0.25, 0.3) is 9.88 Å².